The van der Waals surface area contributed by atoms with Crippen LogP contribution in [0.4, 0.5) is 0 Å². The van der Waals surface area contributed by atoms with Crippen molar-refractivity contribution in [2.75, 3.05) is 0 Å². The Bertz CT molecular complexity index is 176. The van der Waals surface area contributed by atoms with Crippen LogP contribution < -0.4 is 0 Å². The van der Waals surface area contributed by atoms with Crippen LogP contribution in [0.3, 0.4) is 0 Å². The minimum absolute atomic E-state index is 1.03. The van der Waals surface area contributed by atoms with Gasteiger partial charge < -0.3 is 0 Å². The highest BCUT2D eigenvalue weighted by molar-refractivity contribution is 4.83. The van der Waals surface area contributed by atoms with Gasteiger partial charge in [0.05, 0.1) is 0 Å². The van der Waals surface area contributed by atoms with Gasteiger partial charge >= 0.3 is 0 Å². The third kappa shape index (κ3) is 15.5. The standard InChI is InChI=1S/C17H31/c1-3-5-7-9-11-13-15-17-16-14-12-10-8-6-4-2/h7,9,12,14H,1,3-6,8,10-11,13,15-17H2,2H3. The third-order valence-electron chi connectivity index (χ3n) is 2.92. The molecule has 0 saturated heterocycles. The number of hydrogen-bond acceptors (Lipinski definition) is 0. The first-order chi connectivity index (χ1) is 8.41. The maximum atomic E-state index is 3.82. The van der Waals surface area contributed by atoms with Crippen molar-refractivity contribution in [2.45, 2.75) is 77.6 Å². The molecule has 0 amide bonds. The molecule has 0 N–H and O–H groups in total. The molecule has 0 rings (SSSR count). The van der Waals surface area contributed by atoms with Gasteiger partial charge in [-0.05, 0) is 51.4 Å². The molecule has 0 aromatic heterocycles. The van der Waals surface area contributed by atoms with E-state index in [2.05, 4.69) is 38.2 Å². The van der Waals surface area contributed by atoms with Gasteiger partial charge in [-0.2, -0.15) is 0 Å². The van der Waals surface area contributed by atoms with Crippen molar-refractivity contribution < 1.29 is 0 Å². The SMILES string of the molecule is [CH2]CCC=CCCCCCC=CCCCCC. The van der Waals surface area contributed by atoms with Crippen LogP contribution in [0.1, 0.15) is 77.6 Å². The minimum atomic E-state index is 1.03. The third-order valence-corrected chi connectivity index (χ3v) is 2.92. The Morgan fingerprint density at radius 3 is 1.59 bits per heavy atom. The Morgan fingerprint density at radius 1 is 0.647 bits per heavy atom. The summed E-state index contributed by atoms with van der Waals surface area (Å²) >= 11 is 0. The van der Waals surface area contributed by atoms with Crippen LogP contribution in [0.2, 0.25) is 0 Å². The molecule has 0 nitrogen and oxygen atoms in total. The van der Waals surface area contributed by atoms with Gasteiger partial charge in [0.15, 0.2) is 0 Å². The van der Waals surface area contributed by atoms with Crippen LogP contribution in [-0.4, -0.2) is 0 Å². The first-order valence-electron chi connectivity index (χ1n) is 7.51. The molecule has 99 valence electrons. The monoisotopic (exact) mass is 235 g/mol. The molecular weight excluding hydrogens is 204 g/mol. The second-order valence-electron chi connectivity index (χ2n) is 4.72. The van der Waals surface area contributed by atoms with E-state index in [9.17, 15) is 0 Å². The fourth-order valence-corrected chi connectivity index (χ4v) is 1.80. The normalized spacial score (nSPS) is 11.9. The summed E-state index contributed by atoms with van der Waals surface area (Å²) in [5, 5.41) is 0. The first kappa shape index (κ1) is 16.5. The Balaban J connectivity index is 3.07. The molecule has 0 aliphatic carbocycles. The summed E-state index contributed by atoms with van der Waals surface area (Å²) < 4.78 is 0. The van der Waals surface area contributed by atoms with Crippen molar-refractivity contribution >= 4 is 0 Å². The average Bonchev–Trinajstić information content (AvgIpc) is 2.35. The minimum Gasteiger partial charge on any atom is -0.0885 e. The molecule has 0 aliphatic rings. The summed E-state index contributed by atoms with van der Waals surface area (Å²) in [5.41, 5.74) is 0. The lowest BCUT2D eigenvalue weighted by Gasteiger charge is -1.96. The van der Waals surface area contributed by atoms with Crippen molar-refractivity contribution in [1.29, 1.82) is 0 Å². The Morgan fingerprint density at radius 2 is 1.12 bits per heavy atom. The van der Waals surface area contributed by atoms with E-state index in [0.717, 1.165) is 12.8 Å². The molecule has 0 aliphatic heterocycles. The molecule has 0 aromatic rings. The van der Waals surface area contributed by atoms with Gasteiger partial charge in [0.1, 0.15) is 0 Å². The molecule has 0 saturated carbocycles. The Labute approximate surface area is 109 Å². The Kier molecular flexibility index (Phi) is 15.0. The molecule has 0 spiro atoms. The number of allylic oxidation sites excluding steroid dienone is 4. The number of unbranched alkanes of at least 4 members (excludes halogenated alkanes) is 8. The molecule has 0 aromatic carbocycles. The Hall–Kier alpha value is -0.520. The molecule has 0 bridgehead atoms. The molecule has 1 radical (unpaired) electrons. The van der Waals surface area contributed by atoms with E-state index in [0.29, 0.717) is 0 Å². The van der Waals surface area contributed by atoms with E-state index in [4.69, 9.17) is 0 Å². The molecular formula is C17H31. The van der Waals surface area contributed by atoms with Gasteiger partial charge in [-0.1, -0.05) is 57.4 Å². The zero-order chi connectivity index (χ0) is 12.6. The fraction of sp³-hybridized carbons (Fsp3) is 0.706. The van der Waals surface area contributed by atoms with Crippen molar-refractivity contribution in [2.24, 2.45) is 0 Å². The molecule has 0 heteroatoms. The van der Waals surface area contributed by atoms with E-state index in [1.165, 1.54) is 57.8 Å². The van der Waals surface area contributed by atoms with E-state index in [1.807, 2.05) is 0 Å². The average molecular weight is 235 g/mol. The maximum absolute atomic E-state index is 3.82. The fourth-order valence-electron chi connectivity index (χ4n) is 1.80. The highest BCUT2D eigenvalue weighted by Gasteiger charge is 1.86. The van der Waals surface area contributed by atoms with Crippen LogP contribution in [0.25, 0.3) is 0 Å². The lowest BCUT2D eigenvalue weighted by Crippen LogP contribution is -1.76. The summed E-state index contributed by atoms with van der Waals surface area (Å²) in [5.74, 6) is 0. The molecule has 0 heterocycles. The van der Waals surface area contributed by atoms with Crippen molar-refractivity contribution in [3.8, 4) is 0 Å². The molecule has 17 heavy (non-hydrogen) atoms. The maximum Gasteiger partial charge on any atom is -0.0351 e. The van der Waals surface area contributed by atoms with Gasteiger partial charge in [-0.15, -0.1) is 0 Å². The second-order valence-corrected chi connectivity index (χ2v) is 4.72. The van der Waals surface area contributed by atoms with E-state index < -0.39 is 0 Å². The highest BCUT2D eigenvalue weighted by atomic mass is 13.9. The van der Waals surface area contributed by atoms with E-state index >= 15 is 0 Å². The summed E-state index contributed by atoms with van der Waals surface area (Å²) in [6.07, 6.45) is 23.4. The quantitative estimate of drug-likeness (QED) is 0.277. The van der Waals surface area contributed by atoms with Gasteiger partial charge in [0.25, 0.3) is 0 Å². The predicted molar refractivity (Wildman–Crippen MR) is 80.1 cm³/mol. The van der Waals surface area contributed by atoms with Gasteiger partial charge in [0, 0.05) is 0 Å². The smallest absolute Gasteiger partial charge is 0.0351 e. The van der Waals surface area contributed by atoms with Gasteiger partial charge in [0.2, 0.25) is 0 Å². The van der Waals surface area contributed by atoms with Crippen LogP contribution >= 0.6 is 0 Å². The first-order valence-corrected chi connectivity index (χ1v) is 7.51. The van der Waals surface area contributed by atoms with Crippen molar-refractivity contribution in [3.05, 3.63) is 31.2 Å². The van der Waals surface area contributed by atoms with Crippen LogP contribution in [0.5, 0.6) is 0 Å². The zero-order valence-electron chi connectivity index (χ0n) is 11.8. The number of rotatable bonds is 12. The second kappa shape index (κ2) is 15.5. The van der Waals surface area contributed by atoms with Crippen molar-refractivity contribution in [3.63, 3.8) is 0 Å². The zero-order valence-corrected chi connectivity index (χ0v) is 11.8. The van der Waals surface area contributed by atoms with Crippen LogP contribution in [0.15, 0.2) is 24.3 Å². The lowest BCUT2D eigenvalue weighted by atomic mass is 10.1. The molecule has 0 atom stereocenters. The number of hydrogen-bond donors (Lipinski definition) is 0. The lowest BCUT2D eigenvalue weighted by molar-refractivity contribution is 0.691. The molecule has 0 fully saturated rings. The topological polar surface area (TPSA) is 0 Å². The van der Waals surface area contributed by atoms with Crippen LogP contribution in [0, 0.1) is 6.92 Å². The van der Waals surface area contributed by atoms with Gasteiger partial charge in [-0.3, -0.25) is 0 Å². The highest BCUT2D eigenvalue weighted by Crippen LogP contribution is 2.06. The van der Waals surface area contributed by atoms with Crippen LogP contribution in [-0.2, 0) is 0 Å². The predicted octanol–water partition coefficient (Wildman–Crippen LogP) is 6.24. The van der Waals surface area contributed by atoms with Gasteiger partial charge in [-0.25, -0.2) is 0 Å². The van der Waals surface area contributed by atoms with Crippen molar-refractivity contribution in [1.82, 2.24) is 0 Å². The van der Waals surface area contributed by atoms with E-state index in [1.54, 1.807) is 0 Å². The summed E-state index contributed by atoms with van der Waals surface area (Å²) in [4.78, 5) is 0. The summed E-state index contributed by atoms with van der Waals surface area (Å²) in [7, 11) is 0. The molecule has 0 unspecified atom stereocenters. The largest absolute Gasteiger partial charge is 0.0885 e. The van der Waals surface area contributed by atoms with E-state index in [-0.39, 0.29) is 0 Å². The summed E-state index contributed by atoms with van der Waals surface area (Å²) in [6, 6.07) is 0. The summed E-state index contributed by atoms with van der Waals surface area (Å²) in [6.45, 7) is 6.08.